The van der Waals surface area contributed by atoms with E-state index in [1.165, 1.54) is 6.92 Å². The number of pyridine rings is 1. The van der Waals surface area contributed by atoms with Crippen LogP contribution in [0.1, 0.15) is 33.3 Å². The molecule has 1 amide bonds. The molecular weight excluding hydrogens is 362 g/mol. The summed E-state index contributed by atoms with van der Waals surface area (Å²) in [5.74, 6) is -0.410. The highest BCUT2D eigenvalue weighted by Gasteiger charge is 2.10. The molecule has 3 rings (SSSR count). The molecule has 0 unspecified atom stereocenters. The molecule has 2 N–H and O–H groups in total. The Morgan fingerprint density at radius 3 is 2.59 bits per heavy atom. The molecule has 0 spiro atoms. The summed E-state index contributed by atoms with van der Waals surface area (Å²) in [6.45, 7) is 2.02. The van der Waals surface area contributed by atoms with Gasteiger partial charge in [0.25, 0.3) is 5.91 Å². The fourth-order valence-corrected chi connectivity index (χ4v) is 2.72. The highest BCUT2D eigenvalue weighted by atomic mass is 35.5. The second kappa shape index (κ2) is 8.47. The number of anilines is 2. The third-order valence-electron chi connectivity index (χ3n) is 3.96. The van der Waals surface area contributed by atoms with Crippen LogP contribution in [0.3, 0.4) is 0 Å². The summed E-state index contributed by atoms with van der Waals surface area (Å²) < 4.78 is 0. The molecule has 0 bridgehead atoms. The number of rotatable bonds is 6. The largest absolute Gasteiger partial charge is 0.381 e. The van der Waals surface area contributed by atoms with Crippen molar-refractivity contribution in [3.8, 4) is 0 Å². The predicted octanol–water partition coefficient (Wildman–Crippen LogP) is 4.80. The lowest BCUT2D eigenvalue weighted by Crippen LogP contribution is -2.14. The first-order chi connectivity index (χ1) is 13.0. The lowest BCUT2D eigenvalue weighted by atomic mass is 10.1. The zero-order chi connectivity index (χ0) is 19.2. The zero-order valence-electron chi connectivity index (χ0n) is 14.7. The quantitative estimate of drug-likeness (QED) is 0.603. The molecule has 3 aromatic rings. The summed E-state index contributed by atoms with van der Waals surface area (Å²) in [5.41, 5.74) is 3.07. The number of carbonyl (C=O) groups is 2. The van der Waals surface area contributed by atoms with E-state index in [-0.39, 0.29) is 17.4 Å². The van der Waals surface area contributed by atoms with Crippen LogP contribution in [0.4, 0.5) is 11.4 Å². The number of carbonyl (C=O) groups excluding carboxylic acids is 2. The number of aromatic nitrogens is 1. The van der Waals surface area contributed by atoms with Crippen molar-refractivity contribution < 1.29 is 9.59 Å². The third kappa shape index (κ3) is 4.92. The minimum absolute atomic E-state index is 0.0602. The van der Waals surface area contributed by atoms with Crippen molar-refractivity contribution in [2.45, 2.75) is 13.5 Å². The maximum Gasteiger partial charge on any atom is 0.274 e. The number of nitrogens with zero attached hydrogens (tertiary/aromatic N) is 1. The number of hydrogen-bond donors (Lipinski definition) is 2. The van der Waals surface area contributed by atoms with Gasteiger partial charge in [0.2, 0.25) is 0 Å². The number of Topliss-reactive ketones (excluding diaryl/α,β-unsaturated/α-hetero) is 1. The smallest absolute Gasteiger partial charge is 0.274 e. The van der Waals surface area contributed by atoms with Crippen LogP contribution in [0.15, 0.2) is 66.9 Å². The van der Waals surface area contributed by atoms with E-state index in [2.05, 4.69) is 15.6 Å². The fraction of sp³-hybridized carbons (Fsp3) is 0.0952. The van der Waals surface area contributed by atoms with Gasteiger partial charge in [-0.25, -0.2) is 0 Å². The van der Waals surface area contributed by atoms with Crippen LogP contribution in [0.2, 0.25) is 5.02 Å². The maximum atomic E-state index is 12.5. The first-order valence-electron chi connectivity index (χ1n) is 8.38. The summed E-state index contributed by atoms with van der Waals surface area (Å²) >= 11 is 6.16. The van der Waals surface area contributed by atoms with Gasteiger partial charge in [-0.3, -0.25) is 14.6 Å². The van der Waals surface area contributed by atoms with E-state index in [1.807, 2.05) is 24.3 Å². The van der Waals surface area contributed by atoms with Gasteiger partial charge in [-0.15, -0.1) is 0 Å². The van der Waals surface area contributed by atoms with Crippen LogP contribution in [0, 0.1) is 0 Å². The Morgan fingerprint density at radius 1 is 1.00 bits per heavy atom. The summed E-state index contributed by atoms with van der Waals surface area (Å²) in [5, 5.41) is 6.68. The van der Waals surface area contributed by atoms with Crippen molar-refractivity contribution in [2.24, 2.45) is 0 Å². The number of benzene rings is 2. The van der Waals surface area contributed by atoms with Gasteiger partial charge in [0, 0.05) is 34.7 Å². The topological polar surface area (TPSA) is 71.1 Å². The molecule has 2 aromatic carbocycles. The monoisotopic (exact) mass is 379 g/mol. The van der Waals surface area contributed by atoms with Crippen molar-refractivity contribution in [1.82, 2.24) is 4.98 Å². The van der Waals surface area contributed by atoms with Gasteiger partial charge in [-0.05, 0) is 42.8 Å². The van der Waals surface area contributed by atoms with Crippen LogP contribution in [-0.4, -0.2) is 16.7 Å². The Bertz CT molecular complexity index is 988. The van der Waals surface area contributed by atoms with Crippen molar-refractivity contribution >= 4 is 34.7 Å². The number of hydrogen-bond acceptors (Lipinski definition) is 4. The van der Waals surface area contributed by atoms with Gasteiger partial charge in [-0.2, -0.15) is 0 Å². The highest BCUT2D eigenvalue weighted by molar-refractivity contribution is 6.31. The van der Waals surface area contributed by atoms with E-state index in [0.717, 1.165) is 11.3 Å². The van der Waals surface area contributed by atoms with Gasteiger partial charge >= 0.3 is 0 Å². The second-order valence-corrected chi connectivity index (χ2v) is 6.37. The molecular formula is C21H18ClN3O2. The third-order valence-corrected chi connectivity index (χ3v) is 4.33. The predicted molar refractivity (Wildman–Crippen MR) is 107 cm³/mol. The molecule has 0 fully saturated rings. The molecule has 0 aliphatic carbocycles. The lowest BCUT2D eigenvalue weighted by Gasteiger charge is -2.10. The molecule has 5 nitrogen and oxygen atoms in total. The standard InChI is InChI=1S/C21H18ClN3O2/c1-14(26)15-6-4-7-18(11-15)25-21(27)20-12-17(9-10-23-20)24-13-16-5-2-3-8-19(16)22/h2-12H,13H2,1H3,(H,23,24)(H,25,27). The molecule has 0 radical (unpaired) electrons. The first-order valence-corrected chi connectivity index (χ1v) is 8.76. The molecule has 136 valence electrons. The van der Waals surface area contributed by atoms with E-state index >= 15 is 0 Å². The Hall–Kier alpha value is -3.18. The Labute approximate surface area is 162 Å². The SMILES string of the molecule is CC(=O)c1cccc(NC(=O)c2cc(NCc3ccccc3Cl)ccn2)c1. The van der Waals surface area contributed by atoms with E-state index in [0.29, 0.717) is 22.8 Å². The molecule has 0 aliphatic heterocycles. The molecule has 0 saturated carbocycles. The van der Waals surface area contributed by atoms with E-state index in [9.17, 15) is 9.59 Å². The van der Waals surface area contributed by atoms with Crippen molar-refractivity contribution in [2.75, 3.05) is 10.6 Å². The van der Waals surface area contributed by atoms with Gasteiger partial charge in [0.1, 0.15) is 5.69 Å². The first kappa shape index (κ1) is 18.6. The number of halogens is 1. The zero-order valence-corrected chi connectivity index (χ0v) is 15.5. The van der Waals surface area contributed by atoms with E-state index in [1.54, 1.807) is 42.6 Å². The molecule has 0 aliphatic rings. The summed E-state index contributed by atoms with van der Waals surface area (Å²) in [4.78, 5) is 28.1. The van der Waals surface area contributed by atoms with Crippen molar-refractivity contribution in [3.05, 3.63) is 88.7 Å². The summed E-state index contributed by atoms with van der Waals surface area (Å²) in [6, 6.07) is 17.8. The number of ketones is 1. The van der Waals surface area contributed by atoms with Crippen LogP contribution >= 0.6 is 11.6 Å². The van der Waals surface area contributed by atoms with Gasteiger partial charge in [-0.1, -0.05) is 41.9 Å². The average Bonchev–Trinajstić information content (AvgIpc) is 2.68. The second-order valence-electron chi connectivity index (χ2n) is 5.97. The summed E-state index contributed by atoms with van der Waals surface area (Å²) in [6.07, 6.45) is 1.57. The van der Waals surface area contributed by atoms with Gasteiger partial charge in [0.15, 0.2) is 5.78 Å². The summed E-state index contributed by atoms with van der Waals surface area (Å²) in [7, 11) is 0. The molecule has 0 saturated heterocycles. The molecule has 27 heavy (non-hydrogen) atoms. The normalized spacial score (nSPS) is 10.3. The van der Waals surface area contributed by atoms with Gasteiger partial charge < -0.3 is 10.6 Å². The number of nitrogens with one attached hydrogen (secondary N) is 2. The highest BCUT2D eigenvalue weighted by Crippen LogP contribution is 2.18. The van der Waals surface area contributed by atoms with Crippen LogP contribution in [0.25, 0.3) is 0 Å². The Balaban J connectivity index is 1.69. The van der Waals surface area contributed by atoms with Crippen LogP contribution < -0.4 is 10.6 Å². The fourth-order valence-electron chi connectivity index (χ4n) is 2.51. The minimum Gasteiger partial charge on any atom is -0.381 e. The average molecular weight is 380 g/mol. The molecule has 1 heterocycles. The molecule has 6 heteroatoms. The van der Waals surface area contributed by atoms with Gasteiger partial charge in [0.05, 0.1) is 0 Å². The van der Waals surface area contributed by atoms with Crippen LogP contribution in [-0.2, 0) is 6.54 Å². The van der Waals surface area contributed by atoms with Crippen LogP contribution in [0.5, 0.6) is 0 Å². The lowest BCUT2D eigenvalue weighted by molar-refractivity contribution is 0.100. The van der Waals surface area contributed by atoms with Crippen molar-refractivity contribution in [1.29, 1.82) is 0 Å². The number of amides is 1. The molecule has 0 atom stereocenters. The Morgan fingerprint density at radius 2 is 1.81 bits per heavy atom. The Kier molecular flexibility index (Phi) is 5.84. The van der Waals surface area contributed by atoms with Crippen molar-refractivity contribution in [3.63, 3.8) is 0 Å². The molecule has 1 aromatic heterocycles. The van der Waals surface area contributed by atoms with E-state index < -0.39 is 0 Å². The maximum absolute atomic E-state index is 12.5. The van der Waals surface area contributed by atoms with E-state index in [4.69, 9.17) is 11.6 Å². The minimum atomic E-state index is -0.350.